The van der Waals surface area contributed by atoms with Crippen LogP contribution in [0, 0.1) is 0 Å². The van der Waals surface area contributed by atoms with Crippen LogP contribution in [0.2, 0.25) is 5.15 Å². The average Bonchev–Trinajstić information content (AvgIpc) is 2.57. The molecular formula is C10H12ClN5. The second kappa shape index (κ2) is 4.09. The van der Waals surface area contributed by atoms with Gasteiger partial charge in [-0.05, 0) is 13.8 Å². The average molecular weight is 238 g/mol. The standard InChI is InChI=1S/C10H12ClN5/c1-6(2)3-4-16-5-13-9-7(16)8(11)14-10(12)15-9/h3,5H,4H2,1-2H3,(H2,12,14,15). The molecule has 0 amide bonds. The molecule has 84 valence electrons. The molecule has 0 aliphatic carbocycles. The minimum absolute atomic E-state index is 0.143. The number of halogens is 1. The van der Waals surface area contributed by atoms with Gasteiger partial charge in [-0.2, -0.15) is 9.97 Å². The van der Waals surface area contributed by atoms with Crippen molar-refractivity contribution in [1.29, 1.82) is 0 Å². The van der Waals surface area contributed by atoms with Crippen LogP contribution >= 0.6 is 11.6 Å². The normalized spacial score (nSPS) is 10.7. The zero-order chi connectivity index (χ0) is 11.7. The Morgan fingerprint density at radius 1 is 1.50 bits per heavy atom. The fourth-order valence-electron chi connectivity index (χ4n) is 1.37. The van der Waals surface area contributed by atoms with Gasteiger partial charge in [0.2, 0.25) is 5.95 Å². The van der Waals surface area contributed by atoms with E-state index in [0.29, 0.717) is 22.9 Å². The van der Waals surface area contributed by atoms with Gasteiger partial charge >= 0.3 is 0 Å². The highest BCUT2D eigenvalue weighted by molar-refractivity contribution is 6.33. The lowest BCUT2D eigenvalue weighted by Crippen LogP contribution is -1.99. The van der Waals surface area contributed by atoms with E-state index in [9.17, 15) is 0 Å². The summed E-state index contributed by atoms with van der Waals surface area (Å²) >= 11 is 6.01. The summed E-state index contributed by atoms with van der Waals surface area (Å²) < 4.78 is 1.89. The van der Waals surface area contributed by atoms with Crippen LogP contribution in [0.1, 0.15) is 13.8 Å². The molecule has 0 atom stereocenters. The van der Waals surface area contributed by atoms with E-state index < -0.39 is 0 Å². The zero-order valence-corrected chi connectivity index (χ0v) is 9.86. The van der Waals surface area contributed by atoms with E-state index in [4.69, 9.17) is 17.3 Å². The van der Waals surface area contributed by atoms with Crippen LogP contribution in [0.3, 0.4) is 0 Å². The predicted molar refractivity (Wildman–Crippen MR) is 64.2 cm³/mol. The minimum atomic E-state index is 0.143. The summed E-state index contributed by atoms with van der Waals surface area (Å²) in [6, 6.07) is 0. The fourth-order valence-corrected chi connectivity index (χ4v) is 1.65. The Morgan fingerprint density at radius 3 is 2.94 bits per heavy atom. The van der Waals surface area contributed by atoms with Gasteiger partial charge in [-0.1, -0.05) is 23.3 Å². The Hall–Kier alpha value is -1.62. The van der Waals surface area contributed by atoms with Crippen LogP contribution in [0.5, 0.6) is 0 Å². The third kappa shape index (κ3) is 1.99. The number of hydrogen-bond donors (Lipinski definition) is 1. The lowest BCUT2D eigenvalue weighted by Gasteiger charge is -2.01. The first-order valence-corrected chi connectivity index (χ1v) is 5.23. The largest absolute Gasteiger partial charge is 0.368 e. The fraction of sp³-hybridized carbons (Fsp3) is 0.300. The molecule has 5 nitrogen and oxygen atoms in total. The van der Waals surface area contributed by atoms with Crippen molar-refractivity contribution < 1.29 is 0 Å². The van der Waals surface area contributed by atoms with Crippen molar-refractivity contribution in [2.45, 2.75) is 20.4 Å². The Morgan fingerprint density at radius 2 is 2.25 bits per heavy atom. The van der Waals surface area contributed by atoms with Crippen LogP contribution in [0.15, 0.2) is 18.0 Å². The molecule has 0 aromatic carbocycles. The number of hydrogen-bond acceptors (Lipinski definition) is 4. The first-order chi connectivity index (χ1) is 7.58. The molecule has 2 N–H and O–H groups in total. The Bertz CT molecular complexity index is 554. The number of nitrogens with two attached hydrogens (primary N) is 1. The molecule has 2 aromatic heterocycles. The molecule has 2 heterocycles. The number of aromatic nitrogens is 4. The smallest absolute Gasteiger partial charge is 0.223 e. The number of allylic oxidation sites excluding steroid dienone is 2. The summed E-state index contributed by atoms with van der Waals surface area (Å²) in [6.07, 6.45) is 3.76. The number of anilines is 1. The number of imidazole rings is 1. The van der Waals surface area contributed by atoms with Crippen LogP contribution in [0.4, 0.5) is 5.95 Å². The van der Waals surface area contributed by atoms with Crippen LogP contribution < -0.4 is 5.73 Å². The van der Waals surface area contributed by atoms with Crippen molar-refractivity contribution in [3.63, 3.8) is 0 Å². The molecule has 2 aromatic rings. The molecule has 0 unspecified atom stereocenters. The van der Waals surface area contributed by atoms with Crippen LogP contribution in [-0.4, -0.2) is 19.5 Å². The van der Waals surface area contributed by atoms with Gasteiger partial charge in [0.15, 0.2) is 10.8 Å². The molecule has 0 saturated heterocycles. The molecule has 6 heteroatoms. The van der Waals surface area contributed by atoms with E-state index >= 15 is 0 Å². The highest BCUT2D eigenvalue weighted by Crippen LogP contribution is 2.20. The van der Waals surface area contributed by atoms with E-state index in [1.165, 1.54) is 5.57 Å². The maximum atomic E-state index is 6.01. The summed E-state index contributed by atoms with van der Waals surface area (Å²) in [5, 5.41) is 0.335. The van der Waals surface area contributed by atoms with Crippen LogP contribution in [0.25, 0.3) is 11.2 Å². The third-order valence-corrected chi connectivity index (χ3v) is 2.41. The monoisotopic (exact) mass is 237 g/mol. The van der Waals surface area contributed by atoms with Crippen molar-refractivity contribution in [1.82, 2.24) is 19.5 Å². The van der Waals surface area contributed by atoms with Gasteiger partial charge in [0.05, 0.1) is 6.33 Å². The molecule has 16 heavy (non-hydrogen) atoms. The van der Waals surface area contributed by atoms with Gasteiger partial charge in [-0.3, -0.25) is 0 Å². The van der Waals surface area contributed by atoms with Crippen molar-refractivity contribution in [2.24, 2.45) is 0 Å². The van der Waals surface area contributed by atoms with Crippen molar-refractivity contribution in [3.05, 3.63) is 23.1 Å². The molecule has 0 aliphatic heterocycles. The maximum absolute atomic E-state index is 6.01. The van der Waals surface area contributed by atoms with Gasteiger partial charge in [0.1, 0.15) is 5.52 Å². The Balaban J connectivity index is 2.52. The van der Waals surface area contributed by atoms with E-state index in [1.54, 1.807) is 6.33 Å². The van der Waals surface area contributed by atoms with Gasteiger partial charge < -0.3 is 10.3 Å². The maximum Gasteiger partial charge on any atom is 0.223 e. The summed E-state index contributed by atoms with van der Waals surface area (Å²) in [7, 11) is 0. The quantitative estimate of drug-likeness (QED) is 0.641. The second-order valence-corrected chi connectivity index (χ2v) is 4.08. The highest BCUT2D eigenvalue weighted by Gasteiger charge is 2.09. The molecule has 0 bridgehead atoms. The van der Waals surface area contributed by atoms with E-state index in [2.05, 4.69) is 21.0 Å². The third-order valence-electron chi connectivity index (χ3n) is 2.14. The summed E-state index contributed by atoms with van der Waals surface area (Å²) in [5.41, 5.74) is 7.96. The number of rotatable bonds is 2. The molecule has 0 spiro atoms. The van der Waals surface area contributed by atoms with Gasteiger partial charge in [-0.25, -0.2) is 4.98 Å². The number of nitrogens with zero attached hydrogens (tertiary/aromatic N) is 4. The zero-order valence-electron chi connectivity index (χ0n) is 9.11. The lowest BCUT2D eigenvalue weighted by atomic mass is 10.3. The molecule has 0 saturated carbocycles. The number of fused-ring (bicyclic) bond motifs is 1. The summed E-state index contributed by atoms with van der Waals surface area (Å²) in [4.78, 5) is 12.1. The molecule has 0 aliphatic rings. The molecule has 2 rings (SSSR count). The van der Waals surface area contributed by atoms with E-state index in [1.807, 2.05) is 18.4 Å². The highest BCUT2D eigenvalue weighted by atomic mass is 35.5. The van der Waals surface area contributed by atoms with E-state index in [0.717, 1.165) is 0 Å². The first-order valence-electron chi connectivity index (χ1n) is 4.85. The molecular weight excluding hydrogens is 226 g/mol. The van der Waals surface area contributed by atoms with E-state index in [-0.39, 0.29) is 5.95 Å². The molecule has 0 radical (unpaired) electrons. The number of nitrogen functional groups attached to an aromatic ring is 1. The summed E-state index contributed by atoms with van der Waals surface area (Å²) in [5.74, 6) is 0.143. The van der Waals surface area contributed by atoms with Crippen molar-refractivity contribution >= 4 is 28.7 Å². The Labute approximate surface area is 98.0 Å². The molecule has 0 fully saturated rings. The van der Waals surface area contributed by atoms with Crippen molar-refractivity contribution in [2.75, 3.05) is 5.73 Å². The van der Waals surface area contributed by atoms with Crippen LogP contribution in [-0.2, 0) is 6.54 Å². The lowest BCUT2D eigenvalue weighted by molar-refractivity contribution is 0.841. The van der Waals surface area contributed by atoms with Gasteiger partial charge in [0, 0.05) is 6.54 Å². The topological polar surface area (TPSA) is 69.6 Å². The second-order valence-electron chi connectivity index (χ2n) is 3.72. The SMILES string of the molecule is CC(C)=CCn1cnc2nc(N)nc(Cl)c21. The first kappa shape index (κ1) is 10.9. The van der Waals surface area contributed by atoms with Gasteiger partial charge in [0.25, 0.3) is 0 Å². The summed E-state index contributed by atoms with van der Waals surface area (Å²) in [6.45, 7) is 4.77. The minimum Gasteiger partial charge on any atom is -0.368 e. The van der Waals surface area contributed by atoms with Crippen molar-refractivity contribution in [3.8, 4) is 0 Å². The predicted octanol–water partition coefficient (Wildman–Crippen LogP) is 2.03. The Kier molecular flexibility index (Phi) is 2.78. The van der Waals surface area contributed by atoms with Gasteiger partial charge in [-0.15, -0.1) is 0 Å².